The average Bonchev–Trinajstić information content (AvgIpc) is 2.61. The fraction of sp³-hybridized carbons (Fsp3) is 0.0588. The molecule has 0 radical (unpaired) electrons. The molecular formula is C17H11Cl2N3O4. The lowest BCUT2D eigenvalue weighted by atomic mass is 10.1. The highest BCUT2D eigenvalue weighted by molar-refractivity contribution is 6.37. The number of nitrogens with one attached hydrogen (secondary N) is 1. The Bertz CT molecular complexity index is 931. The third-order valence-electron chi connectivity index (χ3n) is 3.30. The molecule has 0 heterocycles. The van der Waals surface area contributed by atoms with E-state index in [4.69, 9.17) is 27.9 Å². The summed E-state index contributed by atoms with van der Waals surface area (Å²) in [6.45, 7) is 0. The second-order valence-electron chi connectivity index (χ2n) is 4.90. The monoisotopic (exact) mass is 391 g/mol. The predicted molar refractivity (Wildman–Crippen MR) is 98.3 cm³/mol. The lowest BCUT2D eigenvalue weighted by molar-refractivity contribution is -0.384. The Balaban J connectivity index is 2.35. The van der Waals surface area contributed by atoms with Crippen LogP contribution in [-0.2, 0) is 4.79 Å². The quantitative estimate of drug-likeness (QED) is 0.350. The number of amides is 1. The van der Waals surface area contributed by atoms with E-state index in [9.17, 15) is 20.2 Å². The van der Waals surface area contributed by atoms with Crippen LogP contribution in [0.4, 0.5) is 11.4 Å². The van der Waals surface area contributed by atoms with E-state index in [0.29, 0.717) is 5.56 Å². The Morgan fingerprint density at radius 2 is 1.96 bits per heavy atom. The molecule has 132 valence electrons. The van der Waals surface area contributed by atoms with Gasteiger partial charge in [0.2, 0.25) is 0 Å². The minimum absolute atomic E-state index is 0.0839. The topological polar surface area (TPSA) is 105 Å². The van der Waals surface area contributed by atoms with Crippen molar-refractivity contribution in [1.29, 1.82) is 5.26 Å². The van der Waals surface area contributed by atoms with Crippen molar-refractivity contribution in [1.82, 2.24) is 0 Å². The molecule has 0 spiro atoms. The van der Waals surface area contributed by atoms with Gasteiger partial charge in [0.25, 0.3) is 11.6 Å². The van der Waals surface area contributed by atoms with Crippen LogP contribution < -0.4 is 10.1 Å². The van der Waals surface area contributed by atoms with E-state index in [1.807, 2.05) is 0 Å². The fourth-order valence-electron chi connectivity index (χ4n) is 2.03. The number of carbonyl (C=O) groups excluding carboxylic acids is 1. The summed E-state index contributed by atoms with van der Waals surface area (Å²) in [5.41, 5.74) is 0.0619. The van der Waals surface area contributed by atoms with Gasteiger partial charge in [-0.1, -0.05) is 29.3 Å². The van der Waals surface area contributed by atoms with E-state index in [0.717, 1.165) is 6.07 Å². The number of rotatable bonds is 5. The maximum absolute atomic E-state index is 12.4. The molecule has 0 aromatic heterocycles. The zero-order valence-corrected chi connectivity index (χ0v) is 14.8. The Morgan fingerprint density at radius 1 is 1.31 bits per heavy atom. The summed E-state index contributed by atoms with van der Waals surface area (Å²) in [7, 11) is 1.30. The summed E-state index contributed by atoms with van der Waals surface area (Å²) in [6, 6.07) is 10.2. The number of hydrogen-bond acceptors (Lipinski definition) is 5. The van der Waals surface area contributed by atoms with E-state index >= 15 is 0 Å². The second-order valence-corrected chi connectivity index (χ2v) is 5.72. The molecule has 7 nitrogen and oxygen atoms in total. The average molecular weight is 392 g/mol. The molecule has 0 aliphatic rings. The van der Waals surface area contributed by atoms with Crippen molar-refractivity contribution in [2.75, 3.05) is 12.4 Å². The molecule has 0 fully saturated rings. The summed E-state index contributed by atoms with van der Waals surface area (Å²) in [5.74, 6) is -0.656. The van der Waals surface area contributed by atoms with Crippen molar-refractivity contribution in [3.05, 3.63) is 67.7 Å². The third kappa shape index (κ3) is 4.30. The molecule has 0 unspecified atom stereocenters. The Kier molecular flexibility index (Phi) is 6.17. The van der Waals surface area contributed by atoms with Crippen LogP contribution >= 0.6 is 23.2 Å². The van der Waals surface area contributed by atoms with Crippen molar-refractivity contribution >= 4 is 46.6 Å². The zero-order chi connectivity index (χ0) is 19.3. The highest BCUT2D eigenvalue weighted by atomic mass is 35.5. The second kappa shape index (κ2) is 8.34. The van der Waals surface area contributed by atoms with E-state index < -0.39 is 10.8 Å². The minimum atomic E-state index is -0.740. The summed E-state index contributed by atoms with van der Waals surface area (Å²) in [4.78, 5) is 22.6. The summed E-state index contributed by atoms with van der Waals surface area (Å²) >= 11 is 12.1. The number of halogens is 2. The zero-order valence-electron chi connectivity index (χ0n) is 13.3. The largest absolute Gasteiger partial charge is 0.494 e. The number of anilines is 1. The van der Waals surface area contributed by atoms with Gasteiger partial charge in [-0.15, -0.1) is 0 Å². The molecule has 0 aliphatic carbocycles. The van der Waals surface area contributed by atoms with Crippen molar-refractivity contribution in [2.45, 2.75) is 0 Å². The molecule has 0 bridgehead atoms. The smallest absolute Gasteiger partial charge is 0.273 e. The first-order chi connectivity index (χ1) is 12.4. The minimum Gasteiger partial charge on any atom is -0.494 e. The highest BCUT2D eigenvalue weighted by Gasteiger charge is 2.16. The van der Waals surface area contributed by atoms with Crippen LogP contribution in [0.25, 0.3) is 6.08 Å². The first-order valence-electron chi connectivity index (χ1n) is 7.07. The number of carbonyl (C=O) groups is 1. The third-order valence-corrected chi connectivity index (χ3v) is 3.96. The Labute approximate surface area is 158 Å². The van der Waals surface area contributed by atoms with Gasteiger partial charge in [-0.05, 0) is 24.3 Å². The maximum atomic E-state index is 12.4. The Morgan fingerprint density at radius 3 is 2.50 bits per heavy atom. The number of nitriles is 1. The van der Waals surface area contributed by atoms with Crippen LogP contribution in [-0.4, -0.2) is 17.9 Å². The van der Waals surface area contributed by atoms with E-state index in [-0.39, 0.29) is 32.7 Å². The van der Waals surface area contributed by atoms with Crippen LogP contribution in [0.5, 0.6) is 5.75 Å². The number of benzene rings is 2. The summed E-state index contributed by atoms with van der Waals surface area (Å²) in [5, 5.41) is 23.1. The predicted octanol–water partition coefficient (Wildman–Crippen LogP) is 4.46. The highest BCUT2D eigenvalue weighted by Crippen LogP contribution is 2.30. The number of nitro groups is 1. The van der Waals surface area contributed by atoms with Gasteiger partial charge in [-0.2, -0.15) is 5.26 Å². The Hall–Kier alpha value is -3.08. The van der Waals surface area contributed by atoms with Crippen molar-refractivity contribution < 1.29 is 14.5 Å². The van der Waals surface area contributed by atoms with Gasteiger partial charge in [0.05, 0.1) is 23.8 Å². The van der Waals surface area contributed by atoms with Gasteiger partial charge in [0.1, 0.15) is 17.4 Å². The van der Waals surface area contributed by atoms with Gasteiger partial charge < -0.3 is 10.1 Å². The molecule has 1 amide bonds. The van der Waals surface area contributed by atoms with Gasteiger partial charge in [0.15, 0.2) is 0 Å². The van der Waals surface area contributed by atoms with E-state index in [1.165, 1.54) is 25.3 Å². The van der Waals surface area contributed by atoms with Crippen molar-refractivity contribution in [2.24, 2.45) is 0 Å². The van der Waals surface area contributed by atoms with Crippen LogP contribution in [0.2, 0.25) is 10.0 Å². The standard InChI is InChI=1S/C17H11Cl2N3O4/c1-26-16-8-11(22(24)25)5-6-15(16)21-17(23)10(9-20)7-12-13(18)3-2-4-14(12)19/h2-8H,1H3,(H,21,23)/b10-7+. The maximum Gasteiger partial charge on any atom is 0.273 e. The van der Waals surface area contributed by atoms with Crippen molar-refractivity contribution in [3.8, 4) is 11.8 Å². The number of non-ortho nitro benzene ring substituents is 1. The van der Waals surface area contributed by atoms with Gasteiger partial charge in [-0.3, -0.25) is 14.9 Å². The first-order valence-corrected chi connectivity index (χ1v) is 7.82. The molecule has 0 saturated heterocycles. The molecule has 0 saturated carbocycles. The molecule has 9 heteroatoms. The van der Waals surface area contributed by atoms with Crippen LogP contribution in [0, 0.1) is 21.4 Å². The summed E-state index contributed by atoms with van der Waals surface area (Å²) in [6.07, 6.45) is 1.26. The molecule has 1 N–H and O–H groups in total. The lowest BCUT2D eigenvalue weighted by Crippen LogP contribution is -2.14. The fourth-order valence-corrected chi connectivity index (χ4v) is 2.53. The number of methoxy groups -OCH3 is 1. The molecule has 2 aromatic rings. The van der Waals surface area contributed by atoms with Crippen LogP contribution in [0.1, 0.15) is 5.56 Å². The summed E-state index contributed by atoms with van der Waals surface area (Å²) < 4.78 is 5.04. The van der Waals surface area contributed by atoms with E-state index in [2.05, 4.69) is 5.32 Å². The van der Waals surface area contributed by atoms with Gasteiger partial charge in [-0.25, -0.2) is 0 Å². The van der Waals surface area contributed by atoms with Gasteiger partial charge in [0, 0.05) is 21.7 Å². The van der Waals surface area contributed by atoms with Crippen LogP contribution in [0.15, 0.2) is 42.0 Å². The normalized spacial score (nSPS) is 10.8. The number of nitrogens with zero attached hydrogens (tertiary/aromatic N) is 2. The first kappa shape index (κ1) is 19.2. The SMILES string of the molecule is COc1cc([N+](=O)[O-])ccc1NC(=O)/C(C#N)=C/c1c(Cl)cccc1Cl. The molecule has 0 atom stereocenters. The number of ether oxygens (including phenoxy) is 1. The number of nitro benzene ring substituents is 1. The molecular weight excluding hydrogens is 381 g/mol. The van der Waals surface area contributed by atoms with E-state index in [1.54, 1.807) is 24.3 Å². The molecule has 2 aromatic carbocycles. The lowest BCUT2D eigenvalue weighted by Gasteiger charge is -2.10. The molecule has 26 heavy (non-hydrogen) atoms. The molecule has 0 aliphatic heterocycles. The van der Waals surface area contributed by atoms with Crippen LogP contribution in [0.3, 0.4) is 0 Å². The van der Waals surface area contributed by atoms with Crippen molar-refractivity contribution in [3.63, 3.8) is 0 Å². The van der Waals surface area contributed by atoms with Gasteiger partial charge >= 0.3 is 0 Å². The number of hydrogen-bond donors (Lipinski definition) is 1. The molecule has 2 rings (SSSR count).